The number of hydrogen-bond acceptors (Lipinski definition) is 4. The monoisotopic (exact) mass is 273 g/mol. The van der Waals surface area contributed by atoms with Crippen molar-refractivity contribution in [2.45, 2.75) is 39.5 Å². The summed E-state index contributed by atoms with van der Waals surface area (Å²) >= 11 is 0. The molecule has 0 saturated carbocycles. The number of aryl methyl sites for hydroxylation is 1. The van der Waals surface area contributed by atoms with E-state index in [-0.39, 0.29) is 5.41 Å². The van der Waals surface area contributed by atoms with Crippen molar-refractivity contribution >= 4 is 5.82 Å². The molecule has 5 nitrogen and oxygen atoms in total. The van der Waals surface area contributed by atoms with Crippen LogP contribution in [-0.2, 0) is 12.5 Å². The van der Waals surface area contributed by atoms with Gasteiger partial charge in [-0.1, -0.05) is 27.7 Å². The van der Waals surface area contributed by atoms with E-state index in [1.165, 1.54) is 0 Å². The van der Waals surface area contributed by atoms with Gasteiger partial charge in [0.15, 0.2) is 5.82 Å². The first-order valence-electron chi connectivity index (χ1n) is 7.03. The smallest absolute Gasteiger partial charge is 0.180 e. The number of nitrogens with one attached hydrogen (secondary N) is 1. The van der Waals surface area contributed by atoms with Gasteiger partial charge in [0.05, 0.1) is 5.69 Å². The normalized spacial score (nSPS) is 11.7. The van der Waals surface area contributed by atoms with Gasteiger partial charge in [0.25, 0.3) is 0 Å². The van der Waals surface area contributed by atoms with Gasteiger partial charge in [-0.3, -0.25) is 4.68 Å². The Kier molecular flexibility index (Phi) is 4.06. The molecule has 0 aliphatic rings. The van der Waals surface area contributed by atoms with Gasteiger partial charge < -0.3 is 5.32 Å². The largest absolute Gasteiger partial charge is 0.370 e. The molecule has 0 amide bonds. The lowest BCUT2D eigenvalue weighted by atomic mass is 9.92. The molecular formula is C15H23N5. The average molecular weight is 273 g/mol. The van der Waals surface area contributed by atoms with Crippen LogP contribution in [0.5, 0.6) is 0 Å². The Morgan fingerprint density at radius 2 is 2.00 bits per heavy atom. The van der Waals surface area contributed by atoms with Crippen LogP contribution in [0.3, 0.4) is 0 Å². The Labute approximate surface area is 120 Å². The molecule has 0 saturated heterocycles. The van der Waals surface area contributed by atoms with Crippen LogP contribution in [0.2, 0.25) is 0 Å². The third kappa shape index (κ3) is 3.15. The SMILES string of the molecule is CCCNc1cc(C(C)(C)C)nc(-c2ccnn2C)n1. The molecule has 0 unspecified atom stereocenters. The summed E-state index contributed by atoms with van der Waals surface area (Å²) in [4.78, 5) is 9.31. The van der Waals surface area contributed by atoms with E-state index in [1.807, 2.05) is 19.2 Å². The highest BCUT2D eigenvalue weighted by Crippen LogP contribution is 2.25. The zero-order valence-corrected chi connectivity index (χ0v) is 12.9. The van der Waals surface area contributed by atoms with Gasteiger partial charge in [-0.05, 0) is 12.5 Å². The molecule has 20 heavy (non-hydrogen) atoms. The molecule has 0 aliphatic carbocycles. The van der Waals surface area contributed by atoms with Crippen molar-refractivity contribution in [3.63, 3.8) is 0 Å². The molecule has 108 valence electrons. The number of aromatic nitrogens is 4. The van der Waals surface area contributed by atoms with E-state index in [2.05, 4.69) is 43.1 Å². The van der Waals surface area contributed by atoms with Gasteiger partial charge in [-0.2, -0.15) is 5.10 Å². The summed E-state index contributed by atoms with van der Waals surface area (Å²) in [6.07, 6.45) is 2.83. The topological polar surface area (TPSA) is 55.6 Å². The molecule has 1 N–H and O–H groups in total. The number of hydrogen-bond donors (Lipinski definition) is 1. The second kappa shape index (κ2) is 5.61. The third-order valence-corrected chi connectivity index (χ3v) is 3.10. The molecule has 0 aromatic carbocycles. The number of nitrogens with zero attached hydrogens (tertiary/aromatic N) is 4. The molecule has 2 rings (SSSR count). The summed E-state index contributed by atoms with van der Waals surface area (Å²) in [6, 6.07) is 3.97. The Hall–Kier alpha value is -1.91. The maximum Gasteiger partial charge on any atom is 0.180 e. The summed E-state index contributed by atoms with van der Waals surface area (Å²) < 4.78 is 1.80. The highest BCUT2D eigenvalue weighted by molar-refractivity contribution is 5.53. The first-order chi connectivity index (χ1) is 9.41. The zero-order chi connectivity index (χ0) is 14.8. The van der Waals surface area contributed by atoms with E-state index in [4.69, 9.17) is 4.98 Å². The van der Waals surface area contributed by atoms with Gasteiger partial charge in [0, 0.05) is 31.3 Å². The minimum absolute atomic E-state index is 0.0150. The Morgan fingerprint density at radius 1 is 1.25 bits per heavy atom. The molecule has 0 fully saturated rings. The maximum absolute atomic E-state index is 4.70. The second-order valence-corrected chi connectivity index (χ2v) is 5.98. The number of anilines is 1. The van der Waals surface area contributed by atoms with Gasteiger partial charge >= 0.3 is 0 Å². The van der Waals surface area contributed by atoms with Crippen molar-refractivity contribution in [1.82, 2.24) is 19.7 Å². The van der Waals surface area contributed by atoms with Crippen molar-refractivity contribution < 1.29 is 0 Å². The van der Waals surface area contributed by atoms with E-state index in [9.17, 15) is 0 Å². The van der Waals surface area contributed by atoms with Crippen LogP contribution in [0.25, 0.3) is 11.5 Å². The molecule has 2 aromatic heterocycles. The van der Waals surface area contributed by atoms with Crippen LogP contribution in [0, 0.1) is 0 Å². The van der Waals surface area contributed by atoms with E-state index >= 15 is 0 Å². The van der Waals surface area contributed by atoms with Crippen molar-refractivity contribution in [2.24, 2.45) is 7.05 Å². The minimum Gasteiger partial charge on any atom is -0.370 e. The maximum atomic E-state index is 4.70. The van der Waals surface area contributed by atoms with Crippen molar-refractivity contribution in [3.8, 4) is 11.5 Å². The summed E-state index contributed by atoms with van der Waals surface area (Å²) in [7, 11) is 1.90. The van der Waals surface area contributed by atoms with Crippen LogP contribution in [0.15, 0.2) is 18.3 Å². The highest BCUT2D eigenvalue weighted by Gasteiger charge is 2.19. The van der Waals surface area contributed by atoms with Crippen molar-refractivity contribution in [2.75, 3.05) is 11.9 Å². The average Bonchev–Trinajstić information content (AvgIpc) is 2.81. The molecule has 0 radical (unpaired) electrons. The second-order valence-electron chi connectivity index (χ2n) is 5.98. The molecule has 0 aliphatic heterocycles. The quantitative estimate of drug-likeness (QED) is 0.930. The molecule has 5 heteroatoms. The lowest BCUT2D eigenvalue weighted by Crippen LogP contribution is -2.16. The van der Waals surface area contributed by atoms with Crippen LogP contribution in [-0.4, -0.2) is 26.3 Å². The van der Waals surface area contributed by atoms with Crippen LogP contribution in [0.4, 0.5) is 5.82 Å². The standard InChI is InChI=1S/C15H23N5/c1-6-8-16-13-10-12(15(2,3)4)18-14(19-13)11-7-9-17-20(11)5/h7,9-10H,6,8H2,1-5H3,(H,16,18,19). The lowest BCUT2D eigenvalue weighted by Gasteiger charge is -2.19. The van der Waals surface area contributed by atoms with E-state index < -0.39 is 0 Å². The minimum atomic E-state index is -0.0150. The fourth-order valence-electron chi connectivity index (χ4n) is 1.88. The molecule has 0 bridgehead atoms. The molecular weight excluding hydrogens is 250 g/mol. The van der Waals surface area contributed by atoms with Crippen LogP contribution < -0.4 is 5.32 Å². The third-order valence-electron chi connectivity index (χ3n) is 3.10. The van der Waals surface area contributed by atoms with Gasteiger partial charge in [-0.15, -0.1) is 0 Å². The fraction of sp³-hybridized carbons (Fsp3) is 0.533. The predicted octanol–water partition coefficient (Wildman–Crippen LogP) is 3.00. The fourth-order valence-corrected chi connectivity index (χ4v) is 1.88. The van der Waals surface area contributed by atoms with Gasteiger partial charge in [-0.25, -0.2) is 9.97 Å². The Balaban J connectivity index is 2.48. The molecule has 0 spiro atoms. The van der Waals surface area contributed by atoms with Gasteiger partial charge in [0.2, 0.25) is 0 Å². The molecule has 0 atom stereocenters. The van der Waals surface area contributed by atoms with Crippen molar-refractivity contribution in [3.05, 3.63) is 24.0 Å². The summed E-state index contributed by atoms with van der Waals surface area (Å²) in [6.45, 7) is 9.52. The van der Waals surface area contributed by atoms with Crippen LogP contribution in [0.1, 0.15) is 39.8 Å². The van der Waals surface area contributed by atoms with E-state index in [0.717, 1.165) is 36.0 Å². The molecule has 2 heterocycles. The number of rotatable bonds is 4. The zero-order valence-electron chi connectivity index (χ0n) is 12.9. The summed E-state index contributed by atoms with van der Waals surface area (Å²) in [5.41, 5.74) is 1.94. The van der Waals surface area contributed by atoms with Gasteiger partial charge in [0.1, 0.15) is 11.5 Å². The highest BCUT2D eigenvalue weighted by atomic mass is 15.3. The Morgan fingerprint density at radius 3 is 2.55 bits per heavy atom. The lowest BCUT2D eigenvalue weighted by molar-refractivity contribution is 0.567. The Bertz CT molecular complexity index is 580. The first-order valence-corrected chi connectivity index (χ1v) is 7.03. The molecule has 2 aromatic rings. The summed E-state index contributed by atoms with van der Waals surface area (Å²) in [5, 5.41) is 7.54. The van der Waals surface area contributed by atoms with E-state index in [1.54, 1.807) is 10.9 Å². The first kappa shape index (κ1) is 14.5. The summed E-state index contributed by atoms with van der Waals surface area (Å²) in [5.74, 6) is 1.60. The van der Waals surface area contributed by atoms with Crippen molar-refractivity contribution in [1.29, 1.82) is 0 Å². The predicted molar refractivity (Wildman–Crippen MR) is 81.7 cm³/mol. The van der Waals surface area contributed by atoms with Crippen LogP contribution >= 0.6 is 0 Å². The van der Waals surface area contributed by atoms with E-state index in [0.29, 0.717) is 0 Å².